The Labute approximate surface area is 213 Å². The molecule has 0 saturated heterocycles. The number of aliphatic carboxylic acids is 1. The fourth-order valence-corrected chi connectivity index (χ4v) is 5.47. The van der Waals surface area contributed by atoms with Gasteiger partial charge in [0.05, 0.1) is 34.1 Å². The topological polar surface area (TPSA) is 93.1 Å². The van der Waals surface area contributed by atoms with Gasteiger partial charge in [0.2, 0.25) is 0 Å². The number of fused-ring (bicyclic) bond motifs is 1. The number of sulfonamides is 1. The third-order valence-corrected chi connectivity index (χ3v) is 7.48. The molecular formula is C24H18ClF4NO6S. The number of para-hydroxylation sites is 1. The minimum Gasteiger partial charge on any atom is -0.486 e. The third-order valence-electron chi connectivity index (χ3n) is 5.41. The number of halogens is 5. The first kappa shape index (κ1) is 26.6. The van der Waals surface area contributed by atoms with Crippen LogP contribution in [0.2, 0.25) is 5.02 Å². The number of anilines is 1. The second-order valence-electron chi connectivity index (χ2n) is 8.04. The predicted molar refractivity (Wildman–Crippen MR) is 125 cm³/mol. The van der Waals surface area contributed by atoms with E-state index in [1.165, 1.54) is 30.3 Å². The van der Waals surface area contributed by atoms with Crippen LogP contribution in [0.5, 0.6) is 11.5 Å². The summed E-state index contributed by atoms with van der Waals surface area (Å²) in [5.41, 5.74) is -0.838. The molecule has 3 aromatic carbocycles. The number of benzene rings is 3. The van der Waals surface area contributed by atoms with Gasteiger partial charge < -0.3 is 14.6 Å². The number of nitrogens with zero attached hydrogens (tertiary/aromatic N) is 1. The van der Waals surface area contributed by atoms with Crippen LogP contribution in [0.3, 0.4) is 0 Å². The van der Waals surface area contributed by atoms with Gasteiger partial charge in [-0.25, -0.2) is 12.8 Å². The summed E-state index contributed by atoms with van der Waals surface area (Å²) >= 11 is 5.96. The average Bonchev–Trinajstić information content (AvgIpc) is 2.82. The lowest BCUT2D eigenvalue weighted by Crippen LogP contribution is -2.44. The summed E-state index contributed by atoms with van der Waals surface area (Å²) in [4.78, 5) is 10.6. The zero-order valence-electron chi connectivity index (χ0n) is 18.7. The summed E-state index contributed by atoms with van der Waals surface area (Å²) in [7, 11) is -4.59. The molecule has 1 aliphatic heterocycles. The maximum absolute atomic E-state index is 14.1. The molecule has 1 atom stereocenters. The van der Waals surface area contributed by atoms with Crippen LogP contribution >= 0.6 is 11.6 Å². The molecule has 0 amide bonds. The van der Waals surface area contributed by atoms with E-state index >= 15 is 0 Å². The van der Waals surface area contributed by atoms with Crippen molar-refractivity contribution < 1.29 is 45.4 Å². The lowest BCUT2D eigenvalue weighted by atomic mass is 10.1. The fourth-order valence-electron chi connectivity index (χ4n) is 3.71. The van der Waals surface area contributed by atoms with Crippen molar-refractivity contribution in [1.82, 2.24) is 0 Å². The molecule has 0 unspecified atom stereocenters. The van der Waals surface area contributed by atoms with Gasteiger partial charge in [-0.3, -0.25) is 9.10 Å². The number of carbonyl (C=O) groups is 1. The van der Waals surface area contributed by atoms with E-state index in [0.717, 1.165) is 28.6 Å². The maximum Gasteiger partial charge on any atom is 0.416 e. The zero-order chi connectivity index (χ0) is 27.0. The zero-order valence-corrected chi connectivity index (χ0v) is 20.3. The first-order valence-corrected chi connectivity index (χ1v) is 12.5. The summed E-state index contributed by atoms with van der Waals surface area (Å²) < 4.78 is 92.7. The van der Waals surface area contributed by atoms with Crippen molar-refractivity contribution in [1.29, 1.82) is 0 Å². The standard InChI is InChI=1S/C24H18ClF4NO6S/c25-18-5-2-6-19(26)23(18)35-13-14-7-8-21-20(9-14)30(12-16(36-21)11-22(31)32)37(33,34)17-4-1-3-15(10-17)24(27,28)29/h1-10,16H,11-13H2,(H,31,32)/t16-/m1/s1. The van der Waals surface area contributed by atoms with Gasteiger partial charge in [-0.05, 0) is 48.0 Å². The highest BCUT2D eigenvalue weighted by Crippen LogP contribution is 2.40. The smallest absolute Gasteiger partial charge is 0.416 e. The van der Waals surface area contributed by atoms with Gasteiger partial charge >= 0.3 is 12.1 Å². The Bertz CT molecular complexity index is 1430. The number of hydrogen-bond acceptors (Lipinski definition) is 5. The van der Waals surface area contributed by atoms with Gasteiger partial charge in [0, 0.05) is 0 Å². The quantitative estimate of drug-likeness (QED) is 0.384. The molecule has 1 aliphatic rings. The molecule has 0 aliphatic carbocycles. The Morgan fingerprint density at radius 3 is 2.54 bits per heavy atom. The van der Waals surface area contributed by atoms with Crippen molar-refractivity contribution in [3.05, 3.63) is 82.6 Å². The Morgan fingerprint density at radius 1 is 1.14 bits per heavy atom. The number of ether oxygens (including phenoxy) is 2. The molecule has 196 valence electrons. The van der Waals surface area contributed by atoms with E-state index in [1.54, 1.807) is 0 Å². The van der Waals surface area contributed by atoms with Crippen LogP contribution in [0.4, 0.5) is 23.2 Å². The summed E-state index contributed by atoms with van der Waals surface area (Å²) in [5.74, 6) is -2.18. The van der Waals surface area contributed by atoms with Crippen LogP contribution < -0.4 is 13.8 Å². The molecular weight excluding hydrogens is 542 g/mol. The number of carboxylic acid groups (broad SMARTS) is 1. The molecule has 13 heteroatoms. The van der Waals surface area contributed by atoms with E-state index in [0.29, 0.717) is 11.6 Å². The number of rotatable bonds is 7. The van der Waals surface area contributed by atoms with Crippen molar-refractivity contribution in [2.24, 2.45) is 0 Å². The predicted octanol–water partition coefficient (Wildman–Crippen LogP) is 5.51. The maximum atomic E-state index is 14.1. The molecule has 0 spiro atoms. The molecule has 0 bridgehead atoms. The second kappa shape index (κ2) is 10.1. The Kier molecular flexibility index (Phi) is 7.24. The van der Waals surface area contributed by atoms with Crippen LogP contribution in [0.25, 0.3) is 0 Å². The van der Waals surface area contributed by atoms with Crippen molar-refractivity contribution in [3.63, 3.8) is 0 Å². The molecule has 37 heavy (non-hydrogen) atoms. The van der Waals surface area contributed by atoms with Crippen LogP contribution in [0.1, 0.15) is 17.5 Å². The molecule has 1 N–H and O–H groups in total. The van der Waals surface area contributed by atoms with Gasteiger partial charge in [-0.15, -0.1) is 0 Å². The summed E-state index contributed by atoms with van der Waals surface area (Å²) in [6.07, 6.45) is -6.44. The van der Waals surface area contributed by atoms with Gasteiger partial charge in [0.1, 0.15) is 18.5 Å². The Hall–Kier alpha value is -3.51. The molecule has 7 nitrogen and oxygen atoms in total. The highest BCUT2D eigenvalue weighted by Gasteiger charge is 2.37. The van der Waals surface area contributed by atoms with Crippen molar-refractivity contribution in [3.8, 4) is 11.5 Å². The molecule has 0 radical (unpaired) electrons. The van der Waals surface area contributed by atoms with Gasteiger partial charge in [0.15, 0.2) is 11.6 Å². The second-order valence-corrected chi connectivity index (χ2v) is 10.3. The number of alkyl halides is 3. The molecule has 3 aromatic rings. The van der Waals surface area contributed by atoms with Crippen LogP contribution in [0.15, 0.2) is 65.6 Å². The monoisotopic (exact) mass is 559 g/mol. The van der Waals surface area contributed by atoms with Crippen molar-refractivity contribution >= 4 is 33.3 Å². The van der Waals surface area contributed by atoms with E-state index in [1.807, 2.05) is 0 Å². The van der Waals surface area contributed by atoms with E-state index in [-0.39, 0.29) is 28.8 Å². The summed E-state index contributed by atoms with van der Waals surface area (Å²) in [5, 5.41) is 9.20. The van der Waals surface area contributed by atoms with Crippen LogP contribution in [0, 0.1) is 5.82 Å². The SMILES string of the molecule is O=C(O)C[C@@H]1CN(S(=O)(=O)c2cccc(C(F)(F)F)c2)c2cc(COc3c(F)cccc3Cl)ccc2O1. The molecule has 4 rings (SSSR count). The largest absolute Gasteiger partial charge is 0.486 e. The lowest BCUT2D eigenvalue weighted by molar-refractivity contribution is -0.139. The van der Waals surface area contributed by atoms with Crippen molar-refractivity contribution in [2.45, 2.75) is 30.2 Å². The third kappa shape index (κ3) is 5.75. The average molecular weight is 560 g/mol. The summed E-state index contributed by atoms with van der Waals surface area (Å²) in [6.45, 7) is -0.703. The molecule has 1 heterocycles. The summed E-state index contributed by atoms with van der Waals surface area (Å²) in [6, 6.07) is 11.4. The minimum absolute atomic E-state index is 0.000671. The van der Waals surface area contributed by atoms with E-state index in [4.69, 9.17) is 21.1 Å². The number of hydrogen-bond donors (Lipinski definition) is 1. The fraction of sp³-hybridized carbons (Fsp3) is 0.208. The van der Waals surface area contributed by atoms with Gasteiger partial charge in [-0.2, -0.15) is 13.2 Å². The normalized spacial score (nSPS) is 15.6. The first-order valence-electron chi connectivity index (χ1n) is 10.6. The van der Waals surface area contributed by atoms with E-state index < -0.39 is 57.5 Å². The highest BCUT2D eigenvalue weighted by molar-refractivity contribution is 7.92. The molecule has 0 fully saturated rings. The lowest BCUT2D eigenvalue weighted by Gasteiger charge is -2.35. The molecule has 0 aromatic heterocycles. The number of carboxylic acids is 1. The molecule has 0 saturated carbocycles. The van der Waals surface area contributed by atoms with Gasteiger partial charge in [0.25, 0.3) is 10.0 Å². The Balaban J connectivity index is 1.72. The van der Waals surface area contributed by atoms with Crippen molar-refractivity contribution in [2.75, 3.05) is 10.8 Å². The first-order chi connectivity index (χ1) is 17.4. The van der Waals surface area contributed by atoms with Crippen LogP contribution in [-0.2, 0) is 27.6 Å². The highest BCUT2D eigenvalue weighted by atomic mass is 35.5. The van der Waals surface area contributed by atoms with Crippen LogP contribution in [-0.4, -0.2) is 32.1 Å². The van der Waals surface area contributed by atoms with E-state index in [2.05, 4.69) is 0 Å². The minimum atomic E-state index is -4.78. The van der Waals surface area contributed by atoms with Gasteiger partial charge in [-0.1, -0.05) is 29.8 Å². The Morgan fingerprint density at radius 2 is 1.86 bits per heavy atom. The van der Waals surface area contributed by atoms with E-state index in [9.17, 15) is 35.9 Å².